The Hall–Kier alpha value is -2.83. The van der Waals surface area contributed by atoms with Crippen molar-refractivity contribution in [2.24, 2.45) is 0 Å². The summed E-state index contributed by atoms with van der Waals surface area (Å²) in [5, 5.41) is 2.40. The van der Waals surface area contributed by atoms with Crippen LogP contribution in [0, 0.1) is 0 Å². The van der Waals surface area contributed by atoms with Crippen molar-refractivity contribution in [1.82, 2.24) is 0 Å². The molecule has 7 heteroatoms. The van der Waals surface area contributed by atoms with E-state index in [2.05, 4.69) is 5.32 Å². The van der Waals surface area contributed by atoms with E-state index in [0.29, 0.717) is 0 Å². The average Bonchev–Trinajstić information content (AvgIpc) is 2.60. The molecule has 0 aromatic heterocycles. The predicted octanol–water partition coefficient (Wildman–Crippen LogP) is 4.54. The lowest BCUT2D eigenvalue weighted by Gasteiger charge is -2.20. The quantitative estimate of drug-likeness (QED) is 0.765. The highest BCUT2D eigenvalue weighted by molar-refractivity contribution is 5.94. The first-order valence-corrected chi connectivity index (χ1v) is 8.00. The molecular weight excluding hydrogens is 347 g/mol. The van der Waals surface area contributed by atoms with Crippen molar-refractivity contribution in [3.8, 4) is 0 Å². The van der Waals surface area contributed by atoms with Crippen molar-refractivity contribution in [3.05, 3.63) is 65.7 Å². The van der Waals surface area contributed by atoms with Crippen LogP contribution in [0.5, 0.6) is 0 Å². The Morgan fingerprint density at radius 3 is 2.38 bits per heavy atom. The van der Waals surface area contributed by atoms with Gasteiger partial charge >= 0.3 is 12.1 Å². The molecule has 1 atom stereocenters. The first-order chi connectivity index (χ1) is 12.3. The number of hydrogen-bond donors (Lipinski definition) is 1. The van der Waals surface area contributed by atoms with Gasteiger partial charge in [-0.3, -0.25) is 4.79 Å². The number of alkyl halides is 3. The number of carbonyl (C=O) groups is 2. The molecule has 4 nitrogen and oxygen atoms in total. The van der Waals surface area contributed by atoms with E-state index in [-0.39, 0.29) is 23.4 Å². The van der Waals surface area contributed by atoms with Crippen LogP contribution in [0.2, 0.25) is 0 Å². The van der Waals surface area contributed by atoms with E-state index in [1.165, 1.54) is 48.5 Å². The van der Waals surface area contributed by atoms with Gasteiger partial charge in [0.15, 0.2) is 0 Å². The number of nitrogens with one attached hydrogen (secondary N) is 1. The van der Waals surface area contributed by atoms with Gasteiger partial charge in [-0.05, 0) is 30.7 Å². The number of anilines is 1. The highest BCUT2D eigenvalue weighted by Crippen LogP contribution is 2.37. The van der Waals surface area contributed by atoms with Gasteiger partial charge in [-0.2, -0.15) is 13.2 Å². The Labute approximate surface area is 149 Å². The minimum absolute atomic E-state index is 0.0235. The molecule has 0 aliphatic rings. The molecule has 1 N–H and O–H groups in total. The molecule has 2 aromatic rings. The molecule has 2 aromatic carbocycles. The van der Waals surface area contributed by atoms with Crippen LogP contribution in [0.1, 0.15) is 35.2 Å². The van der Waals surface area contributed by atoms with Crippen LogP contribution >= 0.6 is 0 Å². The van der Waals surface area contributed by atoms with Crippen LogP contribution in [0.4, 0.5) is 18.9 Å². The second kappa shape index (κ2) is 8.51. The molecule has 138 valence electrons. The second-order valence-electron chi connectivity index (χ2n) is 5.56. The third kappa shape index (κ3) is 5.34. The van der Waals surface area contributed by atoms with E-state index < -0.39 is 30.4 Å². The summed E-state index contributed by atoms with van der Waals surface area (Å²) in [6.07, 6.45) is -5.30. The van der Waals surface area contributed by atoms with E-state index in [0.717, 1.165) is 0 Å². The van der Waals surface area contributed by atoms with Gasteiger partial charge in [-0.15, -0.1) is 0 Å². The summed E-state index contributed by atoms with van der Waals surface area (Å²) in [6, 6.07) is 13.1. The highest BCUT2D eigenvalue weighted by atomic mass is 19.4. The summed E-state index contributed by atoms with van der Waals surface area (Å²) in [6.45, 7) is 1.85. The summed E-state index contributed by atoms with van der Waals surface area (Å²) in [7, 11) is 0. The topological polar surface area (TPSA) is 55.4 Å². The third-order valence-corrected chi connectivity index (χ3v) is 3.64. The van der Waals surface area contributed by atoms with Crippen LogP contribution in [0.25, 0.3) is 0 Å². The summed E-state index contributed by atoms with van der Waals surface area (Å²) < 4.78 is 44.8. The molecule has 2 rings (SSSR count). The Kier molecular flexibility index (Phi) is 6.38. The molecule has 0 bridgehead atoms. The lowest BCUT2D eigenvalue weighted by molar-refractivity contribution is -0.155. The molecule has 0 radical (unpaired) electrons. The second-order valence-corrected chi connectivity index (χ2v) is 5.56. The average molecular weight is 365 g/mol. The minimum atomic E-state index is -4.55. The standard InChI is InChI=1S/C19H18F3NO3/c1-2-26-18(25)14-9-6-10-15(11-14)23-17(24)12-16(19(20,21)22)13-7-4-3-5-8-13/h3-11,16H,2,12H2,1H3,(H,23,24). The number of rotatable bonds is 6. The maximum atomic E-state index is 13.3. The van der Waals surface area contributed by atoms with Gasteiger partial charge in [0, 0.05) is 12.1 Å². The molecular formula is C19H18F3NO3. The number of carbonyl (C=O) groups excluding carboxylic acids is 2. The molecule has 26 heavy (non-hydrogen) atoms. The molecule has 1 unspecified atom stereocenters. The molecule has 0 aliphatic heterocycles. The van der Waals surface area contributed by atoms with Gasteiger partial charge in [0.25, 0.3) is 0 Å². The summed E-state index contributed by atoms with van der Waals surface area (Å²) in [5.41, 5.74) is 0.463. The molecule has 0 heterocycles. The van der Waals surface area contributed by atoms with E-state index >= 15 is 0 Å². The Morgan fingerprint density at radius 2 is 1.77 bits per heavy atom. The van der Waals surface area contributed by atoms with Crippen molar-refractivity contribution in [2.45, 2.75) is 25.4 Å². The van der Waals surface area contributed by atoms with Crippen LogP contribution in [-0.2, 0) is 9.53 Å². The summed E-state index contributed by atoms with van der Waals surface area (Å²) >= 11 is 0. The molecule has 0 spiro atoms. The zero-order valence-electron chi connectivity index (χ0n) is 14.0. The zero-order chi connectivity index (χ0) is 19.2. The fourth-order valence-corrected chi connectivity index (χ4v) is 2.44. The van der Waals surface area contributed by atoms with Gasteiger partial charge in [0.05, 0.1) is 18.1 Å². The fourth-order valence-electron chi connectivity index (χ4n) is 2.44. The first-order valence-electron chi connectivity index (χ1n) is 8.00. The van der Waals surface area contributed by atoms with E-state index in [9.17, 15) is 22.8 Å². The first kappa shape index (κ1) is 19.5. The molecule has 0 fully saturated rings. The summed E-state index contributed by atoms with van der Waals surface area (Å²) in [5.74, 6) is -3.27. The Morgan fingerprint density at radius 1 is 1.08 bits per heavy atom. The van der Waals surface area contributed by atoms with Crippen molar-refractivity contribution >= 4 is 17.6 Å². The molecule has 0 saturated heterocycles. The van der Waals surface area contributed by atoms with E-state index in [1.807, 2.05) is 0 Å². The number of ether oxygens (including phenoxy) is 1. The van der Waals surface area contributed by atoms with Crippen LogP contribution < -0.4 is 5.32 Å². The smallest absolute Gasteiger partial charge is 0.396 e. The van der Waals surface area contributed by atoms with Crippen molar-refractivity contribution in [1.29, 1.82) is 0 Å². The van der Waals surface area contributed by atoms with Crippen molar-refractivity contribution in [3.63, 3.8) is 0 Å². The van der Waals surface area contributed by atoms with Crippen LogP contribution in [0.15, 0.2) is 54.6 Å². The lowest BCUT2D eigenvalue weighted by Crippen LogP contribution is -2.26. The van der Waals surface area contributed by atoms with Gasteiger partial charge < -0.3 is 10.1 Å². The zero-order valence-corrected chi connectivity index (χ0v) is 14.0. The molecule has 1 amide bonds. The Balaban J connectivity index is 2.11. The van der Waals surface area contributed by atoms with Gasteiger partial charge in [-0.1, -0.05) is 36.4 Å². The maximum Gasteiger partial charge on any atom is 0.396 e. The van der Waals surface area contributed by atoms with Crippen molar-refractivity contribution in [2.75, 3.05) is 11.9 Å². The van der Waals surface area contributed by atoms with Gasteiger partial charge in [-0.25, -0.2) is 4.79 Å². The lowest BCUT2D eigenvalue weighted by atomic mass is 9.94. The monoisotopic (exact) mass is 365 g/mol. The van der Waals surface area contributed by atoms with Crippen LogP contribution in [0.3, 0.4) is 0 Å². The SMILES string of the molecule is CCOC(=O)c1cccc(NC(=O)CC(c2ccccc2)C(F)(F)F)c1. The maximum absolute atomic E-state index is 13.3. The predicted molar refractivity (Wildman–Crippen MR) is 90.9 cm³/mol. The van der Waals surface area contributed by atoms with Crippen LogP contribution in [-0.4, -0.2) is 24.7 Å². The van der Waals surface area contributed by atoms with E-state index in [1.54, 1.807) is 13.0 Å². The number of hydrogen-bond acceptors (Lipinski definition) is 3. The number of amides is 1. The Bertz CT molecular complexity index is 760. The number of halogens is 3. The third-order valence-electron chi connectivity index (χ3n) is 3.64. The fraction of sp³-hybridized carbons (Fsp3) is 0.263. The number of esters is 1. The normalized spacial score (nSPS) is 12.3. The van der Waals surface area contributed by atoms with E-state index in [4.69, 9.17) is 4.74 Å². The number of benzene rings is 2. The van der Waals surface area contributed by atoms with Crippen molar-refractivity contribution < 1.29 is 27.5 Å². The molecule has 0 saturated carbocycles. The van der Waals surface area contributed by atoms with Gasteiger partial charge in [0.2, 0.25) is 5.91 Å². The highest BCUT2D eigenvalue weighted by Gasteiger charge is 2.41. The summed E-state index contributed by atoms with van der Waals surface area (Å²) in [4.78, 5) is 23.8. The largest absolute Gasteiger partial charge is 0.462 e. The van der Waals surface area contributed by atoms with Gasteiger partial charge in [0.1, 0.15) is 0 Å². The minimum Gasteiger partial charge on any atom is -0.462 e. The molecule has 0 aliphatic carbocycles.